The maximum atomic E-state index is 14.9. The lowest BCUT2D eigenvalue weighted by atomic mass is 10.0. The minimum Gasteiger partial charge on any atom is -0.475 e. The summed E-state index contributed by atoms with van der Waals surface area (Å²) in [6, 6.07) is 9.92. The van der Waals surface area contributed by atoms with Gasteiger partial charge in [0, 0.05) is 36.3 Å². The molecule has 208 valence electrons. The molecule has 1 fully saturated rings. The summed E-state index contributed by atoms with van der Waals surface area (Å²) in [6.07, 6.45) is 3.54. The Kier molecular flexibility index (Phi) is 7.26. The first kappa shape index (κ1) is 26.4. The van der Waals surface area contributed by atoms with E-state index in [-0.39, 0.29) is 23.9 Å². The number of nitrogens with zero attached hydrogens (tertiary/aromatic N) is 4. The Balaban J connectivity index is 1.15. The van der Waals surface area contributed by atoms with Gasteiger partial charge in [-0.2, -0.15) is 4.98 Å². The van der Waals surface area contributed by atoms with Crippen LogP contribution in [0.1, 0.15) is 40.5 Å². The van der Waals surface area contributed by atoms with Crippen LogP contribution in [0.4, 0.5) is 8.78 Å². The number of benzene rings is 1. The minimum atomic E-state index is -1.47. The third-order valence-corrected chi connectivity index (χ3v) is 7.33. The van der Waals surface area contributed by atoms with Crippen molar-refractivity contribution in [3.8, 4) is 5.88 Å². The lowest BCUT2D eigenvalue weighted by molar-refractivity contribution is -0.0592. The van der Waals surface area contributed by atoms with Gasteiger partial charge in [-0.1, -0.05) is 29.8 Å². The molecule has 0 amide bonds. The van der Waals surface area contributed by atoms with Gasteiger partial charge >= 0.3 is 5.97 Å². The normalized spacial score (nSPS) is 17.6. The lowest BCUT2D eigenvalue weighted by Gasteiger charge is -2.29. The van der Waals surface area contributed by atoms with Gasteiger partial charge in [0.25, 0.3) is 5.76 Å². The highest BCUT2D eigenvalue weighted by Gasteiger charge is 2.30. The van der Waals surface area contributed by atoms with Gasteiger partial charge in [-0.3, -0.25) is 4.90 Å². The molecule has 1 atom stereocenters. The smallest absolute Gasteiger partial charge is 0.375 e. The molecule has 4 aromatic rings. The van der Waals surface area contributed by atoms with Crippen molar-refractivity contribution in [3.05, 3.63) is 82.0 Å². The Bertz CT molecular complexity index is 1610. The SMILES string of the molecule is O=C(O)c1oc2nc(CN3CC=C(c4cccc(OCc5ccc(Cl)cc5F)n4)CC3)n(CC3CCO3)c2c1F. The number of aromatic carboxylic acids is 1. The molecule has 9 nitrogen and oxygen atoms in total. The highest BCUT2D eigenvalue weighted by molar-refractivity contribution is 6.30. The molecular weight excluding hydrogens is 546 g/mol. The molecule has 5 heterocycles. The van der Waals surface area contributed by atoms with Crippen LogP contribution in [-0.4, -0.2) is 56.3 Å². The largest absolute Gasteiger partial charge is 0.475 e. The van der Waals surface area contributed by atoms with Crippen molar-refractivity contribution in [3.63, 3.8) is 0 Å². The Morgan fingerprint density at radius 2 is 2.08 bits per heavy atom. The molecule has 2 aliphatic heterocycles. The zero-order chi connectivity index (χ0) is 27.8. The molecule has 0 aliphatic carbocycles. The average molecular weight is 571 g/mol. The van der Waals surface area contributed by atoms with Crippen molar-refractivity contribution in [2.24, 2.45) is 0 Å². The van der Waals surface area contributed by atoms with Crippen LogP contribution in [0.15, 0.2) is 46.9 Å². The van der Waals surface area contributed by atoms with E-state index >= 15 is 0 Å². The fraction of sp³-hybridized carbons (Fsp3) is 0.321. The van der Waals surface area contributed by atoms with Gasteiger partial charge in [-0.15, -0.1) is 0 Å². The summed E-state index contributed by atoms with van der Waals surface area (Å²) in [7, 11) is 0. The van der Waals surface area contributed by atoms with Crippen LogP contribution >= 0.6 is 11.6 Å². The standard InChI is InChI=1S/C28H25ClF2N4O5/c29-18-5-4-17(20(30)12-18)15-39-23-3-1-2-21(32-23)16-6-9-34(10-7-16)14-22-33-27-25(24(31)26(40-27)28(36)37)35(22)13-19-8-11-38-19/h1-6,12,19H,7-11,13-15H2,(H,36,37). The topological polar surface area (TPSA) is 103 Å². The first-order valence-corrected chi connectivity index (χ1v) is 13.2. The maximum Gasteiger partial charge on any atom is 0.375 e. The van der Waals surface area contributed by atoms with Gasteiger partial charge in [0.05, 0.1) is 24.9 Å². The summed E-state index contributed by atoms with van der Waals surface area (Å²) in [6.45, 7) is 2.77. The van der Waals surface area contributed by atoms with Crippen molar-refractivity contribution in [1.29, 1.82) is 0 Å². The molecule has 1 saturated heterocycles. The third kappa shape index (κ3) is 5.32. The van der Waals surface area contributed by atoms with Crippen LogP contribution in [-0.2, 0) is 24.4 Å². The molecule has 12 heteroatoms. The number of fused-ring (bicyclic) bond motifs is 1. The molecule has 3 aromatic heterocycles. The molecular formula is C28H25ClF2N4O5. The zero-order valence-electron chi connectivity index (χ0n) is 21.3. The molecule has 0 spiro atoms. The summed E-state index contributed by atoms with van der Waals surface area (Å²) in [5, 5.41) is 9.56. The number of furan rings is 1. The highest BCUT2D eigenvalue weighted by atomic mass is 35.5. The second-order valence-electron chi connectivity index (χ2n) is 9.72. The molecule has 1 unspecified atom stereocenters. The van der Waals surface area contributed by atoms with Crippen molar-refractivity contribution in [1.82, 2.24) is 19.4 Å². The molecule has 0 radical (unpaired) electrons. The van der Waals surface area contributed by atoms with Crippen molar-refractivity contribution >= 4 is 34.4 Å². The van der Waals surface area contributed by atoms with Crippen LogP contribution in [0.25, 0.3) is 16.8 Å². The lowest BCUT2D eigenvalue weighted by Crippen LogP contribution is -2.34. The van der Waals surface area contributed by atoms with Crippen LogP contribution in [0.5, 0.6) is 5.88 Å². The highest BCUT2D eigenvalue weighted by Crippen LogP contribution is 2.29. The quantitative estimate of drug-likeness (QED) is 0.289. The van der Waals surface area contributed by atoms with E-state index in [0.717, 1.165) is 17.7 Å². The molecule has 2 aliphatic rings. The number of carboxylic acids is 1. The summed E-state index contributed by atoms with van der Waals surface area (Å²) < 4.78 is 47.2. The Labute approximate surface area is 232 Å². The number of pyridine rings is 1. The van der Waals surface area contributed by atoms with Crippen LogP contribution in [0, 0.1) is 11.6 Å². The van der Waals surface area contributed by atoms with Crippen molar-refractivity contribution in [2.45, 2.75) is 38.6 Å². The minimum absolute atomic E-state index is 0.0300. The monoisotopic (exact) mass is 570 g/mol. The maximum absolute atomic E-state index is 14.9. The van der Waals surface area contributed by atoms with Gasteiger partial charge in [0.1, 0.15) is 23.8 Å². The number of aromatic nitrogens is 3. The van der Waals surface area contributed by atoms with E-state index in [1.807, 2.05) is 12.1 Å². The van der Waals surface area contributed by atoms with E-state index < -0.39 is 23.4 Å². The number of rotatable bonds is 9. The number of halogens is 3. The fourth-order valence-corrected chi connectivity index (χ4v) is 5.01. The van der Waals surface area contributed by atoms with Crippen LogP contribution in [0.3, 0.4) is 0 Å². The number of imidazole rings is 1. The van der Waals surface area contributed by atoms with E-state index in [1.165, 1.54) is 6.07 Å². The molecule has 1 aromatic carbocycles. The number of carboxylic acid groups (broad SMARTS) is 1. The second kappa shape index (κ2) is 11.0. The predicted octanol–water partition coefficient (Wildman–Crippen LogP) is 5.31. The van der Waals surface area contributed by atoms with Crippen molar-refractivity contribution in [2.75, 3.05) is 19.7 Å². The number of hydrogen-bond acceptors (Lipinski definition) is 7. The van der Waals surface area contributed by atoms with Gasteiger partial charge in [-0.25, -0.2) is 18.6 Å². The predicted molar refractivity (Wildman–Crippen MR) is 141 cm³/mol. The first-order chi connectivity index (χ1) is 19.4. The molecule has 0 bridgehead atoms. The van der Waals surface area contributed by atoms with Gasteiger partial charge in [-0.05, 0) is 36.6 Å². The molecule has 0 saturated carbocycles. The average Bonchev–Trinajstić information content (AvgIpc) is 3.42. The molecule has 1 N–H and O–H groups in total. The number of carbonyl (C=O) groups is 1. The summed E-state index contributed by atoms with van der Waals surface area (Å²) in [5.74, 6) is -2.60. The van der Waals surface area contributed by atoms with Crippen LogP contribution in [0.2, 0.25) is 5.02 Å². The van der Waals surface area contributed by atoms with Gasteiger partial charge in [0.2, 0.25) is 17.4 Å². The van der Waals surface area contributed by atoms with Crippen LogP contribution < -0.4 is 4.74 Å². The Hall–Kier alpha value is -3.80. The van der Waals surface area contributed by atoms with E-state index in [9.17, 15) is 18.7 Å². The number of ether oxygens (including phenoxy) is 2. The summed E-state index contributed by atoms with van der Waals surface area (Å²) >= 11 is 5.82. The Morgan fingerprint density at radius 1 is 1.23 bits per heavy atom. The van der Waals surface area contributed by atoms with E-state index in [1.54, 1.807) is 22.8 Å². The van der Waals surface area contributed by atoms with Gasteiger partial charge < -0.3 is 23.6 Å². The van der Waals surface area contributed by atoms with E-state index in [4.69, 9.17) is 25.5 Å². The molecule has 6 rings (SSSR count). The number of hydrogen-bond donors (Lipinski definition) is 1. The molecule has 40 heavy (non-hydrogen) atoms. The van der Waals surface area contributed by atoms with E-state index in [0.29, 0.717) is 61.5 Å². The Morgan fingerprint density at radius 3 is 2.77 bits per heavy atom. The summed E-state index contributed by atoms with van der Waals surface area (Å²) in [4.78, 5) is 22.5. The van der Waals surface area contributed by atoms with Gasteiger partial charge in [0.15, 0.2) is 0 Å². The third-order valence-electron chi connectivity index (χ3n) is 7.10. The summed E-state index contributed by atoms with van der Waals surface area (Å²) in [5.41, 5.74) is 2.24. The first-order valence-electron chi connectivity index (χ1n) is 12.8. The zero-order valence-corrected chi connectivity index (χ0v) is 22.0. The second-order valence-corrected chi connectivity index (χ2v) is 10.2. The fourth-order valence-electron chi connectivity index (χ4n) is 4.85. The van der Waals surface area contributed by atoms with Crippen molar-refractivity contribution < 1.29 is 32.6 Å². The van der Waals surface area contributed by atoms with E-state index in [2.05, 4.69) is 20.9 Å².